The fourth-order valence-corrected chi connectivity index (χ4v) is 4.41. The lowest BCUT2D eigenvalue weighted by molar-refractivity contribution is -0.125. The van der Waals surface area contributed by atoms with Crippen molar-refractivity contribution in [1.82, 2.24) is 20.8 Å². The van der Waals surface area contributed by atoms with Crippen LogP contribution in [0.25, 0.3) is 11.4 Å². The molecular weight excluding hydrogens is 448 g/mol. The largest absolute Gasteiger partial charge is 0.497 e. The van der Waals surface area contributed by atoms with Crippen molar-refractivity contribution < 1.29 is 23.6 Å². The molecule has 0 aliphatic heterocycles. The third kappa shape index (κ3) is 5.45. The number of nitrogens with zero attached hydrogens (tertiary/aromatic N) is 2. The van der Waals surface area contributed by atoms with E-state index in [-0.39, 0.29) is 35.7 Å². The van der Waals surface area contributed by atoms with Gasteiger partial charge in [0.2, 0.25) is 17.6 Å². The molecule has 9 nitrogen and oxygen atoms in total. The van der Waals surface area contributed by atoms with Crippen molar-refractivity contribution in [2.24, 2.45) is 5.92 Å². The van der Waals surface area contributed by atoms with E-state index in [0.29, 0.717) is 41.6 Å². The van der Waals surface area contributed by atoms with Crippen molar-refractivity contribution in [3.05, 3.63) is 60.0 Å². The van der Waals surface area contributed by atoms with Crippen molar-refractivity contribution in [2.45, 2.75) is 44.7 Å². The normalized spacial score (nSPS) is 19.4. The van der Waals surface area contributed by atoms with Gasteiger partial charge in [0.15, 0.2) is 0 Å². The highest BCUT2D eigenvalue weighted by molar-refractivity contribution is 5.97. The van der Waals surface area contributed by atoms with E-state index < -0.39 is 0 Å². The first-order valence-electron chi connectivity index (χ1n) is 11.6. The molecule has 1 saturated carbocycles. The Morgan fingerprint density at radius 3 is 2.51 bits per heavy atom. The Labute approximate surface area is 204 Å². The molecule has 184 valence electrons. The van der Waals surface area contributed by atoms with Gasteiger partial charge in [-0.1, -0.05) is 35.5 Å². The topological polar surface area (TPSA) is 116 Å². The van der Waals surface area contributed by atoms with Gasteiger partial charge in [0, 0.05) is 29.6 Å². The maximum absolute atomic E-state index is 13.2. The van der Waals surface area contributed by atoms with Crippen LogP contribution >= 0.6 is 0 Å². The van der Waals surface area contributed by atoms with Crippen LogP contribution in [0, 0.1) is 5.92 Å². The summed E-state index contributed by atoms with van der Waals surface area (Å²) in [6, 6.07) is 14.2. The van der Waals surface area contributed by atoms with Crippen LogP contribution in [0.5, 0.6) is 11.5 Å². The Hall–Kier alpha value is -3.88. The lowest BCUT2D eigenvalue weighted by Crippen LogP contribution is -2.38. The van der Waals surface area contributed by atoms with Gasteiger partial charge in [0.1, 0.15) is 11.5 Å². The summed E-state index contributed by atoms with van der Waals surface area (Å²) in [7, 11) is 3.05. The third-order valence-electron chi connectivity index (χ3n) is 6.13. The van der Waals surface area contributed by atoms with Crippen molar-refractivity contribution in [3.8, 4) is 22.9 Å². The zero-order chi connectivity index (χ0) is 24.9. The van der Waals surface area contributed by atoms with E-state index in [0.717, 1.165) is 5.56 Å². The monoisotopic (exact) mass is 478 g/mol. The van der Waals surface area contributed by atoms with Gasteiger partial charge in [-0.25, -0.2) is 0 Å². The molecule has 2 N–H and O–H groups in total. The van der Waals surface area contributed by atoms with Gasteiger partial charge >= 0.3 is 0 Å². The summed E-state index contributed by atoms with van der Waals surface area (Å²) >= 11 is 0. The molecule has 0 saturated heterocycles. The highest BCUT2D eigenvalue weighted by Crippen LogP contribution is 2.39. The molecule has 1 aliphatic rings. The SMILES string of the molecule is COc1ccc(C(=O)N[C@H]2C[C@H](C(=O)NC(C)C)C[C@H]2c2nc(-c3ccccc3)no2)c(OC)c1. The number of rotatable bonds is 8. The molecule has 3 atom stereocenters. The van der Waals surface area contributed by atoms with Gasteiger partial charge in [0.05, 0.1) is 25.7 Å². The quantitative estimate of drug-likeness (QED) is 0.508. The second-order valence-corrected chi connectivity index (χ2v) is 8.91. The lowest BCUT2D eigenvalue weighted by atomic mass is 10.0. The molecule has 1 aliphatic carbocycles. The minimum absolute atomic E-state index is 0.0197. The van der Waals surface area contributed by atoms with E-state index in [4.69, 9.17) is 14.0 Å². The molecule has 1 fully saturated rings. The molecule has 1 heterocycles. The maximum atomic E-state index is 13.2. The number of nitrogens with one attached hydrogen (secondary N) is 2. The average Bonchev–Trinajstić information content (AvgIpc) is 3.51. The fraction of sp³-hybridized carbons (Fsp3) is 0.385. The summed E-state index contributed by atoms with van der Waals surface area (Å²) in [5.74, 6) is 0.886. The van der Waals surface area contributed by atoms with Gasteiger partial charge < -0.3 is 24.6 Å². The van der Waals surface area contributed by atoms with Crippen molar-refractivity contribution in [3.63, 3.8) is 0 Å². The summed E-state index contributed by atoms with van der Waals surface area (Å²) in [5.41, 5.74) is 1.20. The highest BCUT2D eigenvalue weighted by Gasteiger charge is 2.42. The zero-order valence-electron chi connectivity index (χ0n) is 20.3. The van der Waals surface area contributed by atoms with Crippen LogP contribution in [-0.4, -0.2) is 48.3 Å². The average molecular weight is 479 g/mol. The highest BCUT2D eigenvalue weighted by atomic mass is 16.5. The smallest absolute Gasteiger partial charge is 0.255 e. The van der Waals surface area contributed by atoms with Crippen LogP contribution in [0.2, 0.25) is 0 Å². The van der Waals surface area contributed by atoms with E-state index in [2.05, 4.69) is 20.8 Å². The first-order valence-corrected chi connectivity index (χ1v) is 11.6. The molecule has 35 heavy (non-hydrogen) atoms. The van der Waals surface area contributed by atoms with Gasteiger partial charge in [0.25, 0.3) is 5.91 Å². The molecule has 3 aromatic rings. The van der Waals surface area contributed by atoms with E-state index in [1.165, 1.54) is 7.11 Å². The molecule has 2 amide bonds. The molecule has 2 aromatic carbocycles. The number of methoxy groups -OCH3 is 2. The molecule has 0 unspecified atom stereocenters. The number of carbonyl (C=O) groups is 2. The molecule has 9 heteroatoms. The number of amides is 2. The zero-order valence-corrected chi connectivity index (χ0v) is 20.3. The number of carbonyl (C=O) groups excluding carboxylic acids is 2. The van der Waals surface area contributed by atoms with E-state index in [1.54, 1.807) is 25.3 Å². The fourth-order valence-electron chi connectivity index (χ4n) is 4.41. The van der Waals surface area contributed by atoms with E-state index >= 15 is 0 Å². The van der Waals surface area contributed by atoms with Crippen LogP contribution in [0.1, 0.15) is 48.9 Å². The number of aromatic nitrogens is 2. The molecule has 0 spiro atoms. The maximum Gasteiger partial charge on any atom is 0.255 e. The van der Waals surface area contributed by atoms with Crippen LogP contribution in [0.15, 0.2) is 53.1 Å². The molecular formula is C26H30N4O5. The van der Waals surface area contributed by atoms with Crippen molar-refractivity contribution >= 4 is 11.8 Å². The lowest BCUT2D eigenvalue weighted by Gasteiger charge is -2.19. The summed E-state index contributed by atoms with van der Waals surface area (Å²) in [6.45, 7) is 3.84. The number of hydrogen-bond acceptors (Lipinski definition) is 7. The molecule has 4 rings (SSSR count). The third-order valence-corrected chi connectivity index (χ3v) is 6.13. The van der Waals surface area contributed by atoms with Crippen LogP contribution < -0.4 is 20.1 Å². The van der Waals surface area contributed by atoms with E-state index in [9.17, 15) is 9.59 Å². The Kier molecular flexibility index (Phi) is 7.33. The minimum Gasteiger partial charge on any atom is -0.497 e. The van der Waals surface area contributed by atoms with Gasteiger partial charge in [-0.3, -0.25) is 9.59 Å². The standard InChI is InChI=1S/C26H30N4O5/c1-15(2)27-24(31)17-12-20(26-29-23(30-35-26)16-8-6-5-7-9-16)21(13-17)28-25(32)19-11-10-18(33-3)14-22(19)34-4/h5-11,14-15,17,20-21H,12-13H2,1-4H3,(H,27,31)(H,28,32)/t17-,20-,21+/m1/s1. The van der Waals surface area contributed by atoms with Crippen LogP contribution in [0.4, 0.5) is 0 Å². The predicted octanol–water partition coefficient (Wildman–Crippen LogP) is 3.57. The molecule has 0 bridgehead atoms. The van der Waals surface area contributed by atoms with E-state index in [1.807, 2.05) is 44.2 Å². The number of hydrogen-bond donors (Lipinski definition) is 2. The second-order valence-electron chi connectivity index (χ2n) is 8.91. The Morgan fingerprint density at radius 1 is 1.06 bits per heavy atom. The molecule has 1 aromatic heterocycles. The second kappa shape index (κ2) is 10.6. The minimum atomic E-state index is -0.374. The Morgan fingerprint density at radius 2 is 1.83 bits per heavy atom. The van der Waals surface area contributed by atoms with Crippen molar-refractivity contribution in [1.29, 1.82) is 0 Å². The van der Waals surface area contributed by atoms with Crippen LogP contribution in [-0.2, 0) is 4.79 Å². The number of benzene rings is 2. The summed E-state index contributed by atoms with van der Waals surface area (Å²) < 4.78 is 16.2. The Bertz CT molecular complexity index is 1180. The predicted molar refractivity (Wildman–Crippen MR) is 129 cm³/mol. The first kappa shape index (κ1) is 24.3. The summed E-state index contributed by atoms with van der Waals surface area (Å²) in [5, 5.41) is 10.2. The van der Waals surface area contributed by atoms with Gasteiger partial charge in [-0.15, -0.1) is 0 Å². The van der Waals surface area contributed by atoms with Gasteiger partial charge in [-0.2, -0.15) is 4.98 Å². The van der Waals surface area contributed by atoms with Gasteiger partial charge in [-0.05, 0) is 38.8 Å². The Balaban J connectivity index is 1.59. The molecule has 0 radical (unpaired) electrons. The van der Waals surface area contributed by atoms with Crippen LogP contribution in [0.3, 0.4) is 0 Å². The summed E-state index contributed by atoms with van der Waals surface area (Å²) in [6.07, 6.45) is 0.941. The van der Waals surface area contributed by atoms with Crippen molar-refractivity contribution in [2.75, 3.05) is 14.2 Å². The first-order chi connectivity index (χ1) is 16.9. The number of ether oxygens (including phenoxy) is 2. The summed E-state index contributed by atoms with van der Waals surface area (Å²) in [4.78, 5) is 30.6.